The summed E-state index contributed by atoms with van der Waals surface area (Å²) in [6, 6.07) is 19.2. The highest BCUT2D eigenvalue weighted by Crippen LogP contribution is 2.33. The molecule has 0 bridgehead atoms. The number of unbranched alkanes of at least 4 members (excludes halogenated alkanes) is 2. The summed E-state index contributed by atoms with van der Waals surface area (Å²) in [5, 5.41) is 21.2. The molecule has 1 aromatic heterocycles. The van der Waals surface area contributed by atoms with Crippen LogP contribution >= 0.6 is 0 Å². The lowest BCUT2D eigenvalue weighted by atomic mass is 9.92. The first-order valence-corrected chi connectivity index (χ1v) is 17.8. The van der Waals surface area contributed by atoms with Crippen molar-refractivity contribution in [2.75, 3.05) is 6.61 Å². The minimum atomic E-state index is -0.332. The number of phenolic OH excluding ortho intramolecular Hbond substituents is 2. The Labute approximate surface area is 286 Å². The summed E-state index contributed by atoms with van der Waals surface area (Å²) in [5.74, 6) is 2.55. The molecule has 4 aromatic rings. The van der Waals surface area contributed by atoms with Crippen molar-refractivity contribution in [3.8, 4) is 45.7 Å². The van der Waals surface area contributed by atoms with Crippen molar-refractivity contribution in [2.45, 2.75) is 98.8 Å². The van der Waals surface area contributed by atoms with Gasteiger partial charge in [0, 0.05) is 5.56 Å². The second-order valence-electron chi connectivity index (χ2n) is 13.5. The van der Waals surface area contributed by atoms with Gasteiger partial charge in [0.15, 0.2) is 17.5 Å². The summed E-state index contributed by atoms with van der Waals surface area (Å²) >= 11 is 0. The van der Waals surface area contributed by atoms with Gasteiger partial charge < -0.3 is 14.9 Å². The van der Waals surface area contributed by atoms with Gasteiger partial charge in [-0.1, -0.05) is 109 Å². The lowest BCUT2D eigenvalue weighted by Gasteiger charge is -2.18. The van der Waals surface area contributed by atoms with Crippen LogP contribution in [0, 0.1) is 24.7 Å². The highest BCUT2D eigenvalue weighted by molar-refractivity contribution is 5.90. The number of para-hydroxylation sites is 1. The fraction of sp³-hybridized carbons (Fsp3) is 0.463. The lowest BCUT2D eigenvalue weighted by molar-refractivity contribution is 0.0421. The van der Waals surface area contributed by atoms with Gasteiger partial charge in [-0.2, -0.15) is 0 Å². The Kier molecular flexibility index (Phi) is 14.0. The van der Waals surface area contributed by atoms with Gasteiger partial charge in [0.1, 0.15) is 11.5 Å². The molecule has 0 aliphatic rings. The molecule has 3 atom stereocenters. The topological polar surface area (TPSA) is 105 Å². The minimum absolute atomic E-state index is 0.0380. The summed E-state index contributed by atoms with van der Waals surface area (Å²) < 4.78 is 5.89. The van der Waals surface area contributed by atoms with Gasteiger partial charge in [0.05, 0.1) is 23.3 Å². The Bertz CT molecular complexity index is 1600. The fourth-order valence-corrected chi connectivity index (χ4v) is 5.85. The first-order valence-electron chi connectivity index (χ1n) is 17.8. The quantitative estimate of drug-likeness (QED) is 0.0814. The van der Waals surface area contributed by atoms with Crippen molar-refractivity contribution in [3.63, 3.8) is 0 Å². The summed E-state index contributed by atoms with van der Waals surface area (Å²) in [5.41, 5.74) is 2.94. The van der Waals surface area contributed by atoms with E-state index in [1.54, 1.807) is 60.7 Å². The lowest BCUT2D eigenvalue weighted by Crippen LogP contribution is -2.15. The van der Waals surface area contributed by atoms with Gasteiger partial charge in [-0.05, 0) is 79.5 Å². The van der Waals surface area contributed by atoms with Crippen molar-refractivity contribution in [1.82, 2.24) is 15.0 Å². The molecular weight excluding hydrogens is 598 g/mol. The average molecular weight is 652 g/mol. The van der Waals surface area contributed by atoms with Crippen LogP contribution in [-0.4, -0.2) is 37.7 Å². The van der Waals surface area contributed by atoms with Crippen LogP contribution in [0.3, 0.4) is 0 Å². The van der Waals surface area contributed by atoms with E-state index in [9.17, 15) is 15.0 Å². The second kappa shape index (κ2) is 18.3. The van der Waals surface area contributed by atoms with Crippen LogP contribution in [0.2, 0.25) is 0 Å². The molecule has 0 radical (unpaired) electrons. The summed E-state index contributed by atoms with van der Waals surface area (Å²) in [4.78, 5) is 27.1. The monoisotopic (exact) mass is 651 g/mol. The number of carbonyl (C=O) groups is 1. The van der Waals surface area contributed by atoms with E-state index in [1.165, 1.54) is 44.9 Å². The van der Waals surface area contributed by atoms with E-state index >= 15 is 0 Å². The SMILES string of the molecule is CCC(C)CCCCCC(CCCC(C)CC)COC(=O)c1ccc(-c2nc(-c3ccccc3O)nc(-c3ccc(C)cc3O)n2)cc1. The third-order valence-electron chi connectivity index (χ3n) is 9.52. The molecule has 0 amide bonds. The Hall–Kier alpha value is -4.26. The van der Waals surface area contributed by atoms with E-state index in [1.807, 2.05) is 13.0 Å². The van der Waals surface area contributed by atoms with Gasteiger partial charge in [-0.25, -0.2) is 19.7 Å². The predicted octanol–water partition coefficient (Wildman–Crippen LogP) is 10.6. The number of aromatic nitrogens is 3. The van der Waals surface area contributed by atoms with Crippen molar-refractivity contribution >= 4 is 5.97 Å². The molecular formula is C41H53N3O4. The van der Waals surface area contributed by atoms with Gasteiger partial charge >= 0.3 is 5.97 Å². The van der Waals surface area contributed by atoms with Crippen molar-refractivity contribution < 1.29 is 19.7 Å². The molecule has 7 heteroatoms. The van der Waals surface area contributed by atoms with Crippen LogP contribution in [0.5, 0.6) is 11.5 Å². The maximum Gasteiger partial charge on any atom is 0.338 e. The molecule has 3 unspecified atom stereocenters. The maximum atomic E-state index is 13.2. The summed E-state index contributed by atoms with van der Waals surface area (Å²) in [7, 11) is 0. The number of rotatable bonds is 18. The van der Waals surface area contributed by atoms with Crippen LogP contribution in [-0.2, 0) is 4.74 Å². The van der Waals surface area contributed by atoms with Crippen LogP contribution in [0.4, 0.5) is 0 Å². The number of phenols is 2. The van der Waals surface area contributed by atoms with E-state index in [4.69, 9.17) is 4.74 Å². The smallest absolute Gasteiger partial charge is 0.338 e. The molecule has 0 fully saturated rings. The number of aromatic hydroxyl groups is 2. The maximum absolute atomic E-state index is 13.2. The molecule has 2 N–H and O–H groups in total. The number of ether oxygens (including phenoxy) is 1. The van der Waals surface area contributed by atoms with Crippen LogP contribution in [0.1, 0.15) is 108 Å². The fourth-order valence-electron chi connectivity index (χ4n) is 5.85. The number of hydrogen-bond donors (Lipinski definition) is 2. The van der Waals surface area contributed by atoms with Crippen LogP contribution in [0.15, 0.2) is 66.7 Å². The van der Waals surface area contributed by atoms with E-state index in [0.717, 1.165) is 36.7 Å². The molecule has 0 saturated carbocycles. The Morgan fingerprint density at radius 3 is 1.92 bits per heavy atom. The zero-order valence-corrected chi connectivity index (χ0v) is 29.4. The summed E-state index contributed by atoms with van der Waals surface area (Å²) in [6.07, 6.45) is 11.9. The van der Waals surface area contributed by atoms with Gasteiger partial charge in [-0.15, -0.1) is 0 Å². The molecule has 0 aliphatic heterocycles. The summed E-state index contributed by atoms with van der Waals surface area (Å²) in [6.45, 7) is 11.5. The van der Waals surface area contributed by atoms with Gasteiger partial charge in [0.2, 0.25) is 0 Å². The molecule has 256 valence electrons. The molecule has 1 heterocycles. The van der Waals surface area contributed by atoms with Crippen LogP contribution < -0.4 is 0 Å². The highest BCUT2D eigenvalue weighted by Gasteiger charge is 2.18. The molecule has 0 spiro atoms. The number of carbonyl (C=O) groups excluding carboxylic acids is 1. The molecule has 7 nitrogen and oxygen atoms in total. The van der Waals surface area contributed by atoms with Crippen molar-refractivity contribution in [1.29, 1.82) is 0 Å². The number of aryl methyl sites for hydroxylation is 1. The van der Waals surface area contributed by atoms with Crippen LogP contribution in [0.25, 0.3) is 34.2 Å². The second-order valence-corrected chi connectivity index (χ2v) is 13.5. The Morgan fingerprint density at radius 2 is 1.27 bits per heavy atom. The molecule has 0 aliphatic carbocycles. The Balaban J connectivity index is 1.48. The van der Waals surface area contributed by atoms with Crippen molar-refractivity contribution in [2.24, 2.45) is 17.8 Å². The van der Waals surface area contributed by atoms with E-state index < -0.39 is 0 Å². The predicted molar refractivity (Wildman–Crippen MR) is 194 cm³/mol. The van der Waals surface area contributed by atoms with Gasteiger partial charge in [0.25, 0.3) is 0 Å². The first kappa shape index (κ1) is 36.6. The number of nitrogens with zero attached hydrogens (tertiary/aromatic N) is 3. The molecule has 0 saturated heterocycles. The molecule has 48 heavy (non-hydrogen) atoms. The van der Waals surface area contributed by atoms with E-state index in [2.05, 4.69) is 42.6 Å². The first-order chi connectivity index (χ1) is 23.2. The largest absolute Gasteiger partial charge is 0.507 e. The average Bonchev–Trinajstić information content (AvgIpc) is 3.09. The normalized spacial score (nSPS) is 13.2. The standard InChI is InChI=1S/C41H53N3O4/c1-6-28(3)14-9-8-10-16-31(17-13-15-29(4)7-2)27-48-41(47)33-23-21-32(22-24-33)38-42-39(34-18-11-12-19-36(34)45)44-40(43-38)35-25-20-30(5)26-37(35)46/h11-12,18-26,28-29,31,45-46H,6-10,13-17,27H2,1-5H3. The van der Waals surface area contributed by atoms with E-state index in [-0.39, 0.29) is 29.1 Å². The third-order valence-corrected chi connectivity index (χ3v) is 9.52. The number of benzene rings is 3. The minimum Gasteiger partial charge on any atom is -0.507 e. The van der Waals surface area contributed by atoms with Gasteiger partial charge in [-0.3, -0.25) is 0 Å². The van der Waals surface area contributed by atoms with E-state index in [0.29, 0.717) is 40.6 Å². The number of esters is 1. The third kappa shape index (κ3) is 10.6. The van der Waals surface area contributed by atoms with Crippen molar-refractivity contribution in [3.05, 3.63) is 77.9 Å². The molecule has 4 rings (SSSR count). The zero-order valence-electron chi connectivity index (χ0n) is 29.4. The highest BCUT2D eigenvalue weighted by atomic mass is 16.5. The molecule has 3 aromatic carbocycles. The zero-order chi connectivity index (χ0) is 34.5. The number of hydrogen-bond acceptors (Lipinski definition) is 7. The Morgan fingerprint density at radius 1 is 0.688 bits per heavy atom.